The fraction of sp³-hybridized carbons (Fsp3) is 0.714. The standard InChI is InChI=1S/C14H22N4/c1-11-7-9-16-14(17-11)18-10-3-2-6-13(18)12-5-4-8-15-12/h7,9,12-13,15H,2-6,8,10H2,1H3. The molecule has 2 fully saturated rings. The Balaban J connectivity index is 1.82. The van der Waals surface area contributed by atoms with Gasteiger partial charge < -0.3 is 10.2 Å². The van der Waals surface area contributed by atoms with Crippen LogP contribution in [0.2, 0.25) is 0 Å². The van der Waals surface area contributed by atoms with Crippen LogP contribution < -0.4 is 10.2 Å². The predicted molar refractivity (Wildman–Crippen MR) is 72.8 cm³/mol. The van der Waals surface area contributed by atoms with Crippen molar-refractivity contribution in [2.24, 2.45) is 0 Å². The zero-order valence-electron chi connectivity index (χ0n) is 11.1. The second-order valence-corrected chi connectivity index (χ2v) is 5.46. The number of piperidine rings is 1. The molecule has 0 saturated carbocycles. The van der Waals surface area contributed by atoms with Crippen LogP contribution >= 0.6 is 0 Å². The molecule has 0 aliphatic carbocycles. The summed E-state index contributed by atoms with van der Waals surface area (Å²) in [5, 5.41) is 3.64. The fourth-order valence-corrected chi connectivity index (χ4v) is 3.24. The van der Waals surface area contributed by atoms with Gasteiger partial charge in [0.1, 0.15) is 0 Å². The molecule has 0 spiro atoms. The molecule has 0 aromatic carbocycles. The Morgan fingerprint density at radius 3 is 3.00 bits per heavy atom. The molecule has 3 heterocycles. The summed E-state index contributed by atoms with van der Waals surface area (Å²) in [4.78, 5) is 11.5. The normalized spacial score (nSPS) is 28.6. The summed E-state index contributed by atoms with van der Waals surface area (Å²) < 4.78 is 0. The lowest BCUT2D eigenvalue weighted by Crippen LogP contribution is -2.51. The van der Waals surface area contributed by atoms with Gasteiger partial charge in [0.2, 0.25) is 5.95 Å². The van der Waals surface area contributed by atoms with Crippen molar-refractivity contribution in [2.75, 3.05) is 18.0 Å². The average molecular weight is 246 g/mol. The van der Waals surface area contributed by atoms with Crippen molar-refractivity contribution in [3.63, 3.8) is 0 Å². The predicted octanol–water partition coefficient (Wildman–Crippen LogP) is 1.90. The summed E-state index contributed by atoms with van der Waals surface area (Å²) in [5.74, 6) is 0.924. The van der Waals surface area contributed by atoms with E-state index in [1.807, 2.05) is 19.2 Å². The maximum Gasteiger partial charge on any atom is 0.225 e. The van der Waals surface area contributed by atoms with Gasteiger partial charge in [-0.05, 0) is 51.6 Å². The smallest absolute Gasteiger partial charge is 0.225 e. The van der Waals surface area contributed by atoms with Gasteiger partial charge in [0.15, 0.2) is 0 Å². The maximum atomic E-state index is 4.61. The Labute approximate surface area is 109 Å². The first-order chi connectivity index (χ1) is 8.84. The highest BCUT2D eigenvalue weighted by atomic mass is 15.3. The Morgan fingerprint density at radius 2 is 2.22 bits per heavy atom. The van der Waals surface area contributed by atoms with Gasteiger partial charge >= 0.3 is 0 Å². The van der Waals surface area contributed by atoms with Gasteiger partial charge in [-0.15, -0.1) is 0 Å². The highest BCUT2D eigenvalue weighted by Crippen LogP contribution is 2.27. The third kappa shape index (κ3) is 2.34. The van der Waals surface area contributed by atoms with Crippen molar-refractivity contribution < 1.29 is 0 Å². The summed E-state index contributed by atoms with van der Waals surface area (Å²) in [5.41, 5.74) is 1.06. The lowest BCUT2D eigenvalue weighted by Gasteiger charge is -2.39. The Morgan fingerprint density at radius 1 is 1.28 bits per heavy atom. The molecule has 2 unspecified atom stereocenters. The largest absolute Gasteiger partial charge is 0.336 e. The molecule has 18 heavy (non-hydrogen) atoms. The van der Waals surface area contributed by atoms with Crippen molar-refractivity contribution in [1.29, 1.82) is 0 Å². The van der Waals surface area contributed by atoms with Crippen LogP contribution in [0.4, 0.5) is 5.95 Å². The van der Waals surface area contributed by atoms with Crippen LogP contribution in [0.1, 0.15) is 37.8 Å². The lowest BCUT2D eigenvalue weighted by atomic mass is 9.95. The van der Waals surface area contributed by atoms with E-state index in [1.54, 1.807) is 0 Å². The van der Waals surface area contributed by atoms with Crippen LogP contribution in [0.15, 0.2) is 12.3 Å². The van der Waals surface area contributed by atoms with E-state index in [-0.39, 0.29) is 0 Å². The van der Waals surface area contributed by atoms with Crippen LogP contribution in [0, 0.1) is 6.92 Å². The minimum absolute atomic E-state index is 0.586. The molecule has 1 N–H and O–H groups in total. The molecule has 98 valence electrons. The molecule has 3 rings (SSSR count). The Bertz CT molecular complexity index is 401. The molecule has 0 bridgehead atoms. The van der Waals surface area contributed by atoms with E-state index >= 15 is 0 Å². The summed E-state index contributed by atoms with van der Waals surface area (Å²) in [6.45, 7) is 4.31. The maximum absolute atomic E-state index is 4.61. The van der Waals surface area contributed by atoms with Gasteiger partial charge in [0.05, 0.1) is 0 Å². The summed E-state index contributed by atoms with van der Waals surface area (Å²) in [6, 6.07) is 3.19. The molecular weight excluding hydrogens is 224 g/mol. The van der Waals surface area contributed by atoms with E-state index in [0.717, 1.165) is 18.2 Å². The van der Waals surface area contributed by atoms with Crippen LogP contribution in [-0.2, 0) is 0 Å². The molecule has 2 aliphatic rings. The van der Waals surface area contributed by atoms with Crippen molar-refractivity contribution in [1.82, 2.24) is 15.3 Å². The second kappa shape index (κ2) is 5.22. The first-order valence-corrected chi connectivity index (χ1v) is 7.14. The topological polar surface area (TPSA) is 41.1 Å². The lowest BCUT2D eigenvalue weighted by molar-refractivity contribution is 0.373. The van der Waals surface area contributed by atoms with E-state index in [9.17, 15) is 0 Å². The number of aryl methyl sites for hydroxylation is 1. The molecule has 0 radical (unpaired) electrons. The fourth-order valence-electron chi connectivity index (χ4n) is 3.24. The van der Waals surface area contributed by atoms with E-state index < -0.39 is 0 Å². The number of anilines is 1. The minimum atomic E-state index is 0.586. The van der Waals surface area contributed by atoms with Gasteiger partial charge in [-0.2, -0.15) is 0 Å². The van der Waals surface area contributed by atoms with E-state index in [0.29, 0.717) is 12.1 Å². The van der Waals surface area contributed by atoms with E-state index in [1.165, 1.54) is 38.6 Å². The van der Waals surface area contributed by atoms with Gasteiger partial charge in [0.25, 0.3) is 0 Å². The molecule has 2 aliphatic heterocycles. The third-order valence-corrected chi connectivity index (χ3v) is 4.15. The van der Waals surface area contributed by atoms with Crippen molar-refractivity contribution in [2.45, 2.75) is 51.1 Å². The average Bonchev–Trinajstić information content (AvgIpc) is 2.92. The van der Waals surface area contributed by atoms with Gasteiger partial charge in [-0.3, -0.25) is 0 Å². The van der Waals surface area contributed by atoms with Crippen LogP contribution in [-0.4, -0.2) is 35.1 Å². The highest BCUT2D eigenvalue weighted by Gasteiger charge is 2.32. The minimum Gasteiger partial charge on any atom is -0.336 e. The molecule has 1 aromatic heterocycles. The molecule has 0 amide bonds. The van der Waals surface area contributed by atoms with Gasteiger partial charge in [0, 0.05) is 30.5 Å². The van der Waals surface area contributed by atoms with Gasteiger partial charge in [-0.25, -0.2) is 9.97 Å². The van der Waals surface area contributed by atoms with Crippen LogP contribution in [0.3, 0.4) is 0 Å². The number of aromatic nitrogens is 2. The zero-order chi connectivity index (χ0) is 12.4. The first-order valence-electron chi connectivity index (χ1n) is 7.14. The Kier molecular flexibility index (Phi) is 3.46. The number of hydrogen-bond acceptors (Lipinski definition) is 4. The third-order valence-electron chi connectivity index (χ3n) is 4.15. The zero-order valence-corrected chi connectivity index (χ0v) is 11.1. The highest BCUT2D eigenvalue weighted by molar-refractivity contribution is 5.34. The van der Waals surface area contributed by atoms with E-state index in [4.69, 9.17) is 0 Å². The quantitative estimate of drug-likeness (QED) is 0.865. The van der Waals surface area contributed by atoms with Gasteiger partial charge in [-0.1, -0.05) is 0 Å². The molecule has 4 nitrogen and oxygen atoms in total. The SMILES string of the molecule is Cc1ccnc(N2CCCCC2C2CCCN2)n1. The van der Waals surface area contributed by atoms with Crippen molar-refractivity contribution in [3.05, 3.63) is 18.0 Å². The summed E-state index contributed by atoms with van der Waals surface area (Å²) >= 11 is 0. The molecule has 2 atom stereocenters. The summed E-state index contributed by atoms with van der Waals surface area (Å²) in [7, 11) is 0. The van der Waals surface area contributed by atoms with E-state index in [2.05, 4.69) is 20.2 Å². The van der Waals surface area contributed by atoms with Crippen molar-refractivity contribution >= 4 is 5.95 Å². The molecule has 4 heteroatoms. The summed E-state index contributed by atoms with van der Waals surface area (Å²) in [6.07, 6.45) is 8.36. The monoisotopic (exact) mass is 246 g/mol. The van der Waals surface area contributed by atoms with Crippen LogP contribution in [0.25, 0.3) is 0 Å². The number of nitrogens with zero attached hydrogens (tertiary/aromatic N) is 3. The first kappa shape index (κ1) is 11.9. The number of rotatable bonds is 2. The second-order valence-electron chi connectivity index (χ2n) is 5.46. The number of nitrogens with one attached hydrogen (secondary N) is 1. The molecule has 2 saturated heterocycles. The Hall–Kier alpha value is -1.16. The van der Waals surface area contributed by atoms with Crippen LogP contribution in [0.5, 0.6) is 0 Å². The number of hydrogen-bond donors (Lipinski definition) is 1. The molecular formula is C14H22N4. The van der Waals surface area contributed by atoms with Crippen molar-refractivity contribution in [3.8, 4) is 0 Å². The molecule has 1 aromatic rings.